The molecular weight excluding hydrogens is 464 g/mol. The third-order valence-corrected chi connectivity index (χ3v) is 6.22. The van der Waals surface area contributed by atoms with Gasteiger partial charge in [-0.3, -0.25) is 15.0 Å². The van der Waals surface area contributed by atoms with Crippen LogP contribution in [0, 0.1) is 5.41 Å². The topological polar surface area (TPSA) is 153 Å². The molecule has 0 aromatic carbocycles. The third-order valence-electron chi connectivity index (χ3n) is 6.22. The van der Waals surface area contributed by atoms with Crippen molar-refractivity contribution in [3.05, 3.63) is 11.6 Å². The van der Waals surface area contributed by atoms with Crippen molar-refractivity contribution >= 4 is 23.8 Å². The van der Waals surface area contributed by atoms with Crippen LogP contribution >= 0.6 is 0 Å². The summed E-state index contributed by atoms with van der Waals surface area (Å²) in [5, 5.41) is 13.3. The highest BCUT2D eigenvalue weighted by Crippen LogP contribution is 2.25. The standard InChI is InChI=1S/C26H46N4O6/c1-5-8-9-10-11-12-13-14-23(32)34-17-35-25(33)19-15-21(30-26(27)28)24(29-18(4)31)22(16-19)36-20(6-2)7-3/h16,20-22,24H,5-15,17H2,1-4H3,(H,29,31)(H4,27,28,30)/t21-,22+,24+/m0/s1. The van der Waals surface area contributed by atoms with Gasteiger partial charge in [-0.25, -0.2) is 4.79 Å². The van der Waals surface area contributed by atoms with Crippen LogP contribution < -0.4 is 16.4 Å². The molecule has 10 nitrogen and oxygen atoms in total. The Morgan fingerprint density at radius 3 is 2.25 bits per heavy atom. The molecule has 0 saturated carbocycles. The van der Waals surface area contributed by atoms with Crippen molar-refractivity contribution in [2.24, 2.45) is 5.73 Å². The molecule has 5 N–H and O–H groups in total. The van der Waals surface area contributed by atoms with E-state index in [9.17, 15) is 14.4 Å². The molecule has 1 aliphatic carbocycles. The van der Waals surface area contributed by atoms with Crippen LogP contribution in [0.2, 0.25) is 0 Å². The number of hydrogen-bond donors (Lipinski definition) is 4. The first-order valence-corrected chi connectivity index (χ1v) is 13.3. The van der Waals surface area contributed by atoms with E-state index in [0.717, 1.165) is 32.1 Å². The van der Waals surface area contributed by atoms with Gasteiger partial charge in [-0.1, -0.05) is 59.3 Å². The first-order valence-electron chi connectivity index (χ1n) is 13.3. The minimum absolute atomic E-state index is 0.0801. The third kappa shape index (κ3) is 12.4. The molecule has 0 unspecified atom stereocenters. The van der Waals surface area contributed by atoms with Crippen LogP contribution in [-0.4, -0.2) is 54.9 Å². The second-order valence-electron chi connectivity index (χ2n) is 9.26. The number of rotatable bonds is 17. The molecule has 1 amide bonds. The Morgan fingerprint density at radius 2 is 1.67 bits per heavy atom. The molecule has 206 valence electrons. The number of esters is 2. The quantitative estimate of drug-likeness (QED) is 0.0763. The summed E-state index contributed by atoms with van der Waals surface area (Å²) in [5.41, 5.74) is 5.86. The van der Waals surface area contributed by atoms with Gasteiger partial charge in [-0.15, -0.1) is 0 Å². The van der Waals surface area contributed by atoms with Gasteiger partial charge in [0.2, 0.25) is 12.7 Å². The Bertz CT molecular complexity index is 738. The molecular formula is C26H46N4O6. The number of carbonyl (C=O) groups is 3. The van der Waals surface area contributed by atoms with Gasteiger partial charge >= 0.3 is 11.9 Å². The first-order chi connectivity index (χ1) is 17.2. The average Bonchev–Trinajstić information content (AvgIpc) is 2.82. The number of carbonyl (C=O) groups excluding carboxylic acids is 3. The molecule has 0 aromatic rings. The van der Waals surface area contributed by atoms with Crippen molar-refractivity contribution in [3.8, 4) is 0 Å². The zero-order chi connectivity index (χ0) is 26.9. The predicted molar refractivity (Wildman–Crippen MR) is 138 cm³/mol. The van der Waals surface area contributed by atoms with Crippen LogP contribution in [0.5, 0.6) is 0 Å². The molecule has 36 heavy (non-hydrogen) atoms. The van der Waals surface area contributed by atoms with E-state index in [1.165, 1.54) is 32.6 Å². The number of guanidine groups is 1. The van der Waals surface area contributed by atoms with Crippen molar-refractivity contribution in [3.63, 3.8) is 0 Å². The van der Waals surface area contributed by atoms with Crippen LogP contribution in [0.15, 0.2) is 11.6 Å². The van der Waals surface area contributed by atoms with Crippen molar-refractivity contribution in [1.29, 1.82) is 5.41 Å². The normalized spacial score (nSPS) is 19.4. The van der Waals surface area contributed by atoms with E-state index in [-0.39, 0.29) is 24.4 Å². The van der Waals surface area contributed by atoms with Gasteiger partial charge in [-0.05, 0) is 25.3 Å². The average molecular weight is 511 g/mol. The molecule has 1 aliphatic rings. The zero-order valence-electron chi connectivity index (χ0n) is 22.4. The number of hydrogen-bond acceptors (Lipinski definition) is 7. The van der Waals surface area contributed by atoms with Crippen LogP contribution in [0.1, 0.15) is 98.3 Å². The Hall–Kier alpha value is -2.62. The maximum absolute atomic E-state index is 12.8. The van der Waals surface area contributed by atoms with Gasteiger partial charge in [-0.2, -0.15) is 0 Å². The van der Waals surface area contributed by atoms with Crippen LogP contribution in [-0.2, 0) is 28.6 Å². The second kappa shape index (κ2) is 17.8. The highest BCUT2D eigenvalue weighted by Gasteiger charge is 2.38. The number of nitrogens with two attached hydrogens (primary N) is 1. The molecule has 0 saturated heterocycles. The molecule has 1 rings (SSSR count). The lowest BCUT2D eigenvalue weighted by atomic mass is 9.87. The largest absolute Gasteiger partial charge is 0.428 e. The van der Waals surface area contributed by atoms with Crippen molar-refractivity contribution < 1.29 is 28.6 Å². The summed E-state index contributed by atoms with van der Waals surface area (Å²) in [4.78, 5) is 36.6. The number of unbranched alkanes of at least 4 members (excludes halogenated alkanes) is 6. The van der Waals surface area contributed by atoms with E-state index >= 15 is 0 Å². The summed E-state index contributed by atoms with van der Waals surface area (Å²) in [5.74, 6) is -1.59. The molecule has 0 heterocycles. The second-order valence-corrected chi connectivity index (χ2v) is 9.26. The fraction of sp³-hybridized carbons (Fsp3) is 0.769. The fourth-order valence-electron chi connectivity index (χ4n) is 4.24. The minimum atomic E-state index is -0.645. The van der Waals surface area contributed by atoms with Crippen LogP contribution in [0.25, 0.3) is 0 Å². The summed E-state index contributed by atoms with van der Waals surface area (Å²) in [6.07, 6.45) is 10.6. The Labute approximate surface area is 215 Å². The van der Waals surface area contributed by atoms with Crippen LogP contribution in [0.4, 0.5) is 0 Å². The number of ether oxygens (including phenoxy) is 3. The summed E-state index contributed by atoms with van der Waals surface area (Å²) < 4.78 is 16.5. The maximum atomic E-state index is 12.8. The highest BCUT2D eigenvalue weighted by molar-refractivity contribution is 5.89. The molecule has 3 atom stereocenters. The molecule has 10 heteroatoms. The lowest BCUT2D eigenvalue weighted by Crippen LogP contribution is -2.60. The van der Waals surface area contributed by atoms with E-state index in [1.54, 1.807) is 6.08 Å². The van der Waals surface area contributed by atoms with E-state index in [0.29, 0.717) is 12.0 Å². The molecule has 0 bridgehead atoms. The Kier molecular flexibility index (Phi) is 15.5. The summed E-state index contributed by atoms with van der Waals surface area (Å²) in [6, 6.07) is -1.10. The van der Waals surface area contributed by atoms with Gasteiger partial charge in [0, 0.05) is 25.3 Å². The monoisotopic (exact) mass is 510 g/mol. The summed E-state index contributed by atoms with van der Waals surface area (Å²) in [7, 11) is 0. The highest BCUT2D eigenvalue weighted by atomic mass is 16.7. The van der Waals surface area contributed by atoms with Crippen molar-refractivity contribution in [2.75, 3.05) is 6.79 Å². The molecule has 0 radical (unpaired) electrons. The molecule has 0 aromatic heterocycles. The van der Waals surface area contributed by atoms with E-state index in [4.69, 9.17) is 25.4 Å². The Balaban J connectivity index is 2.70. The lowest BCUT2D eigenvalue weighted by Gasteiger charge is -2.38. The van der Waals surface area contributed by atoms with Gasteiger partial charge < -0.3 is 30.6 Å². The van der Waals surface area contributed by atoms with E-state index < -0.39 is 36.9 Å². The van der Waals surface area contributed by atoms with Gasteiger partial charge in [0.25, 0.3) is 0 Å². The van der Waals surface area contributed by atoms with Gasteiger partial charge in [0.15, 0.2) is 5.96 Å². The summed E-state index contributed by atoms with van der Waals surface area (Å²) in [6.45, 7) is 7.10. The minimum Gasteiger partial charge on any atom is -0.428 e. The smallest absolute Gasteiger partial charge is 0.336 e. The molecule has 0 fully saturated rings. The van der Waals surface area contributed by atoms with Crippen molar-refractivity contribution in [1.82, 2.24) is 10.6 Å². The van der Waals surface area contributed by atoms with E-state index in [1.807, 2.05) is 13.8 Å². The lowest BCUT2D eigenvalue weighted by molar-refractivity contribution is -0.165. The molecule has 0 aliphatic heterocycles. The zero-order valence-corrected chi connectivity index (χ0v) is 22.4. The molecule has 0 spiro atoms. The summed E-state index contributed by atoms with van der Waals surface area (Å²) >= 11 is 0. The fourth-order valence-corrected chi connectivity index (χ4v) is 4.24. The SMILES string of the molecule is CCCCCCCCCC(=O)OCOC(=O)C1=C[C@@H](OC(CC)CC)[C@H](NC(C)=O)[C@@H](NC(=N)N)C1. The predicted octanol–water partition coefficient (Wildman–Crippen LogP) is 3.43. The number of amides is 1. The number of nitrogens with one attached hydrogen (secondary N) is 3. The Morgan fingerprint density at radius 1 is 1.03 bits per heavy atom. The van der Waals surface area contributed by atoms with Crippen LogP contribution in [0.3, 0.4) is 0 Å². The van der Waals surface area contributed by atoms with Gasteiger partial charge in [0.1, 0.15) is 0 Å². The van der Waals surface area contributed by atoms with Gasteiger partial charge in [0.05, 0.1) is 24.3 Å². The van der Waals surface area contributed by atoms with E-state index in [2.05, 4.69) is 17.6 Å². The van der Waals surface area contributed by atoms with Crippen molar-refractivity contribution in [2.45, 2.75) is 123 Å². The maximum Gasteiger partial charge on any atom is 0.336 e. The first kappa shape index (κ1) is 31.4.